The van der Waals surface area contributed by atoms with E-state index in [9.17, 15) is 4.39 Å². The minimum atomic E-state index is -0.225. The number of rotatable bonds is 5. The zero-order valence-corrected chi connectivity index (χ0v) is 15.1. The number of hydrogen-bond donors (Lipinski definition) is 0. The van der Waals surface area contributed by atoms with Crippen molar-refractivity contribution in [3.63, 3.8) is 0 Å². The number of benzene rings is 2. The molecule has 1 unspecified atom stereocenters. The summed E-state index contributed by atoms with van der Waals surface area (Å²) in [7, 11) is 0. The molecule has 2 saturated heterocycles. The van der Waals surface area contributed by atoms with Crippen LogP contribution in [-0.4, -0.2) is 43.9 Å². The maximum absolute atomic E-state index is 13.0. The molecule has 2 aromatic carbocycles. The van der Waals surface area contributed by atoms with Crippen molar-refractivity contribution in [1.82, 2.24) is 4.90 Å². The fraction of sp³-hybridized carbons (Fsp3) is 0.455. The Balaban J connectivity index is 1.35. The summed E-state index contributed by atoms with van der Waals surface area (Å²) in [6.45, 7) is 4.75. The van der Waals surface area contributed by atoms with Gasteiger partial charge < -0.3 is 14.4 Å². The van der Waals surface area contributed by atoms with Crippen molar-refractivity contribution in [3.05, 3.63) is 66.0 Å². The van der Waals surface area contributed by atoms with Gasteiger partial charge in [0.05, 0.1) is 6.61 Å². The zero-order chi connectivity index (χ0) is 17.8. The molecule has 0 aromatic heterocycles. The van der Waals surface area contributed by atoms with E-state index in [-0.39, 0.29) is 17.3 Å². The third kappa shape index (κ3) is 3.92. The van der Waals surface area contributed by atoms with Crippen LogP contribution in [0, 0.1) is 5.82 Å². The van der Waals surface area contributed by atoms with Crippen LogP contribution < -0.4 is 4.74 Å². The number of ether oxygens (including phenoxy) is 2. The van der Waals surface area contributed by atoms with E-state index < -0.39 is 0 Å². The first-order valence-electron chi connectivity index (χ1n) is 9.51. The standard InChI is InChI=1S/C22H26FNO2/c23-19-6-8-20(9-7-19)26-21-10-13-24(14-11-21)16-22(12-15-25-17-22)18-4-2-1-3-5-18/h1-9,21H,10-17H2. The molecule has 0 aliphatic carbocycles. The van der Waals surface area contributed by atoms with Crippen molar-refractivity contribution < 1.29 is 13.9 Å². The molecule has 2 heterocycles. The maximum atomic E-state index is 13.0. The summed E-state index contributed by atoms with van der Waals surface area (Å²) < 4.78 is 24.8. The van der Waals surface area contributed by atoms with Crippen LogP contribution in [0.2, 0.25) is 0 Å². The molecule has 4 rings (SSSR count). The van der Waals surface area contributed by atoms with E-state index in [1.54, 1.807) is 12.1 Å². The highest BCUT2D eigenvalue weighted by Gasteiger charge is 2.39. The van der Waals surface area contributed by atoms with Crippen LogP contribution >= 0.6 is 0 Å². The van der Waals surface area contributed by atoms with E-state index in [2.05, 4.69) is 35.2 Å². The van der Waals surface area contributed by atoms with Gasteiger partial charge in [-0.05, 0) is 49.1 Å². The molecule has 0 bridgehead atoms. The van der Waals surface area contributed by atoms with Gasteiger partial charge in [-0.3, -0.25) is 0 Å². The average molecular weight is 355 g/mol. The second-order valence-corrected chi connectivity index (χ2v) is 7.50. The summed E-state index contributed by atoms with van der Waals surface area (Å²) in [6.07, 6.45) is 3.30. The van der Waals surface area contributed by atoms with Crippen molar-refractivity contribution in [2.75, 3.05) is 32.8 Å². The minimum Gasteiger partial charge on any atom is -0.490 e. The van der Waals surface area contributed by atoms with Crippen molar-refractivity contribution in [1.29, 1.82) is 0 Å². The van der Waals surface area contributed by atoms with Gasteiger partial charge in [0.25, 0.3) is 0 Å². The Hall–Kier alpha value is -1.91. The van der Waals surface area contributed by atoms with Gasteiger partial charge in [-0.25, -0.2) is 4.39 Å². The SMILES string of the molecule is Fc1ccc(OC2CCN(CC3(c4ccccc4)CCOC3)CC2)cc1. The Bertz CT molecular complexity index is 690. The molecule has 26 heavy (non-hydrogen) atoms. The van der Waals surface area contributed by atoms with Crippen LogP contribution in [0.25, 0.3) is 0 Å². The molecule has 3 nitrogen and oxygen atoms in total. The Labute approximate surface area is 154 Å². The fourth-order valence-corrected chi connectivity index (χ4v) is 4.16. The second-order valence-electron chi connectivity index (χ2n) is 7.50. The largest absolute Gasteiger partial charge is 0.490 e. The lowest BCUT2D eigenvalue weighted by Crippen LogP contribution is -2.46. The van der Waals surface area contributed by atoms with Gasteiger partial charge in [0.2, 0.25) is 0 Å². The van der Waals surface area contributed by atoms with Gasteiger partial charge in [0.1, 0.15) is 17.7 Å². The molecule has 4 heteroatoms. The lowest BCUT2D eigenvalue weighted by Gasteiger charge is -2.38. The summed E-state index contributed by atoms with van der Waals surface area (Å²) in [4.78, 5) is 2.55. The van der Waals surface area contributed by atoms with Crippen LogP contribution in [-0.2, 0) is 10.2 Å². The molecule has 138 valence electrons. The van der Waals surface area contributed by atoms with E-state index in [0.717, 1.165) is 57.9 Å². The summed E-state index contributed by atoms with van der Waals surface area (Å²) >= 11 is 0. The average Bonchev–Trinajstić information content (AvgIpc) is 3.16. The van der Waals surface area contributed by atoms with Crippen molar-refractivity contribution in [2.45, 2.75) is 30.8 Å². The number of halogens is 1. The van der Waals surface area contributed by atoms with Crippen LogP contribution in [0.5, 0.6) is 5.75 Å². The van der Waals surface area contributed by atoms with E-state index in [1.165, 1.54) is 17.7 Å². The number of hydrogen-bond acceptors (Lipinski definition) is 3. The lowest BCUT2D eigenvalue weighted by molar-refractivity contribution is 0.0806. The first-order valence-corrected chi connectivity index (χ1v) is 9.51. The van der Waals surface area contributed by atoms with Crippen LogP contribution in [0.15, 0.2) is 54.6 Å². The highest BCUT2D eigenvalue weighted by molar-refractivity contribution is 5.27. The predicted molar refractivity (Wildman–Crippen MR) is 100 cm³/mol. The Morgan fingerprint density at radius 3 is 2.42 bits per heavy atom. The quantitative estimate of drug-likeness (QED) is 0.808. The van der Waals surface area contributed by atoms with Crippen LogP contribution in [0.1, 0.15) is 24.8 Å². The second kappa shape index (κ2) is 7.77. The monoisotopic (exact) mass is 355 g/mol. The molecular weight excluding hydrogens is 329 g/mol. The minimum absolute atomic E-state index is 0.117. The molecule has 0 radical (unpaired) electrons. The van der Waals surface area contributed by atoms with Crippen molar-refractivity contribution >= 4 is 0 Å². The molecule has 0 amide bonds. The lowest BCUT2D eigenvalue weighted by atomic mass is 9.79. The highest BCUT2D eigenvalue weighted by Crippen LogP contribution is 2.35. The molecule has 2 aromatic rings. The first kappa shape index (κ1) is 17.5. The third-order valence-electron chi connectivity index (χ3n) is 5.67. The van der Waals surface area contributed by atoms with Gasteiger partial charge in [-0.1, -0.05) is 30.3 Å². The smallest absolute Gasteiger partial charge is 0.123 e. The van der Waals surface area contributed by atoms with Crippen LogP contribution in [0.4, 0.5) is 4.39 Å². The normalized spacial score (nSPS) is 24.7. The molecule has 0 saturated carbocycles. The Kier molecular flexibility index (Phi) is 5.23. The Morgan fingerprint density at radius 1 is 1.04 bits per heavy atom. The molecule has 0 N–H and O–H groups in total. The molecular formula is C22H26FNO2. The Morgan fingerprint density at radius 2 is 1.77 bits per heavy atom. The number of nitrogens with zero attached hydrogens (tertiary/aromatic N) is 1. The maximum Gasteiger partial charge on any atom is 0.123 e. The summed E-state index contributed by atoms with van der Waals surface area (Å²) in [5, 5.41) is 0. The zero-order valence-electron chi connectivity index (χ0n) is 15.1. The highest BCUT2D eigenvalue weighted by atomic mass is 19.1. The van der Waals surface area contributed by atoms with Gasteiger partial charge in [0, 0.05) is 31.7 Å². The number of piperidine rings is 1. The predicted octanol–water partition coefficient (Wildman–Crippen LogP) is 4.03. The molecule has 0 spiro atoms. The van der Waals surface area contributed by atoms with E-state index in [0.29, 0.717) is 0 Å². The van der Waals surface area contributed by atoms with Gasteiger partial charge in [-0.2, -0.15) is 0 Å². The summed E-state index contributed by atoms with van der Waals surface area (Å²) in [6, 6.07) is 17.1. The van der Waals surface area contributed by atoms with Gasteiger partial charge in [-0.15, -0.1) is 0 Å². The van der Waals surface area contributed by atoms with E-state index in [1.807, 2.05) is 0 Å². The summed E-state index contributed by atoms with van der Waals surface area (Å²) in [5.74, 6) is 0.534. The molecule has 2 aliphatic heterocycles. The van der Waals surface area contributed by atoms with E-state index in [4.69, 9.17) is 9.47 Å². The first-order chi connectivity index (χ1) is 12.7. The van der Waals surface area contributed by atoms with Crippen molar-refractivity contribution in [2.24, 2.45) is 0 Å². The number of likely N-dealkylation sites (tertiary alicyclic amines) is 1. The fourth-order valence-electron chi connectivity index (χ4n) is 4.16. The van der Waals surface area contributed by atoms with Crippen LogP contribution in [0.3, 0.4) is 0 Å². The topological polar surface area (TPSA) is 21.7 Å². The molecule has 2 aliphatic rings. The van der Waals surface area contributed by atoms with Gasteiger partial charge in [0.15, 0.2) is 0 Å². The van der Waals surface area contributed by atoms with E-state index >= 15 is 0 Å². The molecule has 2 fully saturated rings. The third-order valence-corrected chi connectivity index (χ3v) is 5.67. The summed E-state index contributed by atoms with van der Waals surface area (Å²) in [5.41, 5.74) is 1.51. The molecule has 1 atom stereocenters. The van der Waals surface area contributed by atoms with Gasteiger partial charge >= 0.3 is 0 Å². The van der Waals surface area contributed by atoms with Crippen molar-refractivity contribution in [3.8, 4) is 5.75 Å².